The second-order valence-electron chi connectivity index (χ2n) is 3.84. The summed E-state index contributed by atoms with van der Waals surface area (Å²) in [5.41, 5.74) is 0. The first-order chi connectivity index (χ1) is 11.8. The number of hydrogen-bond acceptors (Lipinski definition) is 4. The fourth-order valence-electron chi connectivity index (χ4n) is 0.969. The minimum absolute atomic E-state index is 0. The molecule has 0 unspecified atom stereocenters. The van der Waals surface area contributed by atoms with Crippen LogP contribution in [0.3, 0.4) is 0 Å². The van der Waals surface area contributed by atoms with Crippen LogP contribution in [-0.2, 0) is 19.5 Å². The molecule has 156 valence electrons. The van der Waals surface area contributed by atoms with Crippen molar-refractivity contribution < 1.29 is 48.4 Å². The Morgan fingerprint density at radius 2 is 0.692 bits per heavy atom. The maximum Gasteiger partial charge on any atom is 2.00 e. The third kappa shape index (κ3) is 63.6. The van der Waals surface area contributed by atoms with E-state index in [9.17, 15) is 0 Å². The molecule has 0 radical (unpaired) electrons. The van der Waals surface area contributed by atoms with Gasteiger partial charge < -0.3 is 21.3 Å². The predicted molar refractivity (Wildman–Crippen MR) is 97.5 cm³/mol. The van der Waals surface area contributed by atoms with Gasteiger partial charge in [-0.2, -0.15) is 40.2 Å². The van der Waals surface area contributed by atoms with Crippen LogP contribution in [0.2, 0.25) is 0 Å². The minimum atomic E-state index is -4.69. The summed E-state index contributed by atoms with van der Waals surface area (Å²) in [5.74, 6) is 2.43. The third-order valence-electron chi connectivity index (χ3n) is 1.80. The van der Waals surface area contributed by atoms with Gasteiger partial charge in [-0.1, -0.05) is 0 Å². The van der Waals surface area contributed by atoms with Crippen LogP contribution in [0.25, 0.3) is 21.3 Å². The predicted octanol–water partition coefficient (Wildman–Crippen LogP) is 0.296. The third-order valence-corrected chi connectivity index (χ3v) is 2.48. The molecule has 0 aliphatic rings. The zero-order valence-corrected chi connectivity index (χ0v) is 21.3. The van der Waals surface area contributed by atoms with Crippen LogP contribution < -0.4 is 14.0 Å². The van der Waals surface area contributed by atoms with E-state index >= 15 is 0 Å². The van der Waals surface area contributed by atoms with Crippen molar-refractivity contribution >= 4 is 46.4 Å². The number of nitrogens with zero attached hydrogens (tertiary/aromatic N) is 4. The average Bonchev–Trinajstić information content (AvgIpc) is 2.53. The summed E-state index contributed by atoms with van der Waals surface area (Å²) >= 11 is 21.6. The number of hydrogen-bond donors (Lipinski definition) is 1. The minimum Gasteiger partial charge on any atom is -0.663 e. The van der Waals surface area contributed by atoms with Crippen LogP contribution in [0.15, 0.2) is 0 Å². The second kappa shape index (κ2) is 31.4. The van der Waals surface area contributed by atoms with Crippen LogP contribution in [0.1, 0.15) is 0 Å². The molecule has 14 heteroatoms. The van der Waals surface area contributed by atoms with Gasteiger partial charge in [0.1, 0.15) is 0 Å². The largest absolute Gasteiger partial charge is 2.00 e. The van der Waals surface area contributed by atoms with Gasteiger partial charge in [0.05, 0.1) is 14.9 Å². The smallest absolute Gasteiger partial charge is 0.663 e. The number of alkyl halides is 4. The van der Waals surface area contributed by atoms with E-state index in [1.807, 2.05) is 0 Å². The van der Waals surface area contributed by atoms with Crippen LogP contribution in [0, 0.1) is 10.2 Å². The second-order valence-corrected chi connectivity index (χ2v) is 6.14. The Bertz CT molecular complexity index is 200. The maximum atomic E-state index is 8.60. The molecule has 0 amide bonds. The normalized spacial score (nSPS) is 10.2. The molecule has 0 atom stereocenters. The van der Waals surface area contributed by atoms with Gasteiger partial charge in [-0.15, -0.1) is 72.6 Å². The molecule has 26 heavy (non-hydrogen) atoms. The topological polar surface area (TPSA) is 146 Å². The van der Waals surface area contributed by atoms with Crippen molar-refractivity contribution in [2.45, 2.75) is 0 Å². The molecule has 0 heterocycles. The molecule has 0 spiro atoms. The Balaban J connectivity index is -0.000000145. The standard InChI is InChI=1S/2C6H12Cl2N2.ClHO4.Zn/c2*7-1-3-9-5-6-10-4-2-8;2-1(3,4)5;/h2*1-6H2;(H,2,3,4,5);/q2*-2;;+2. The van der Waals surface area contributed by atoms with Gasteiger partial charge in [-0.3, -0.25) is 0 Å². The number of rotatable bonds is 14. The summed E-state index contributed by atoms with van der Waals surface area (Å²) < 4.78 is 32.7. The number of halogens is 5. The van der Waals surface area contributed by atoms with Gasteiger partial charge >= 0.3 is 19.5 Å². The molecule has 0 aliphatic heterocycles. The zero-order valence-electron chi connectivity index (χ0n) is 14.5. The fourth-order valence-corrected chi connectivity index (χ4v) is 1.45. The summed E-state index contributed by atoms with van der Waals surface area (Å²) in [4.78, 5) is 0. The Kier molecular flexibility index (Phi) is 42.6. The molecule has 0 aromatic rings. The van der Waals surface area contributed by atoms with E-state index in [0.29, 0.717) is 23.5 Å². The molecule has 0 aliphatic carbocycles. The molecular weight excluding hydrogens is 507 g/mol. The average molecular weight is 532 g/mol. The molecule has 0 saturated heterocycles. The van der Waals surface area contributed by atoms with E-state index in [4.69, 9.17) is 65.0 Å². The summed E-state index contributed by atoms with van der Waals surface area (Å²) in [5, 5.41) is 16.4. The maximum absolute atomic E-state index is 8.60. The molecule has 1 N–H and O–H groups in total. The van der Waals surface area contributed by atoms with Crippen molar-refractivity contribution in [3.8, 4) is 0 Å². The van der Waals surface area contributed by atoms with E-state index in [1.54, 1.807) is 0 Å². The van der Waals surface area contributed by atoms with Gasteiger partial charge in [-0.25, -0.2) is 0 Å². The van der Waals surface area contributed by atoms with Gasteiger partial charge in [0, 0.05) is 23.5 Å². The van der Waals surface area contributed by atoms with E-state index in [0.717, 1.165) is 52.4 Å². The van der Waals surface area contributed by atoms with Crippen molar-refractivity contribution in [1.82, 2.24) is 0 Å². The van der Waals surface area contributed by atoms with Crippen molar-refractivity contribution in [2.24, 2.45) is 0 Å². The SMILES string of the molecule is ClCC[N-]CC[N-]CCCl.ClCC[N-]CC[N-]CCCl.[O-][Cl+3]([O-])([O-])O.[Zn+2]. The first-order valence-corrected chi connectivity index (χ1v) is 10.6. The Labute approximate surface area is 191 Å². The molecule has 0 bridgehead atoms. The van der Waals surface area contributed by atoms with Gasteiger partial charge in [0.25, 0.3) is 0 Å². The first kappa shape index (κ1) is 35.2. The van der Waals surface area contributed by atoms with E-state index in [1.165, 1.54) is 0 Å². The van der Waals surface area contributed by atoms with Crippen LogP contribution in [0.4, 0.5) is 0 Å². The van der Waals surface area contributed by atoms with Crippen molar-refractivity contribution in [2.75, 3.05) is 75.9 Å². The quantitative estimate of drug-likeness (QED) is 0.195. The molecular formula is C12H25Cl5N4O4Zn-2. The summed E-state index contributed by atoms with van der Waals surface area (Å²) in [7, 11) is -4.69. The molecule has 0 aromatic carbocycles. The Hall–Kier alpha value is 1.75. The van der Waals surface area contributed by atoms with Gasteiger partial charge in [0.2, 0.25) is 0 Å². The van der Waals surface area contributed by atoms with Crippen LogP contribution >= 0.6 is 46.4 Å². The summed E-state index contributed by atoms with van der Waals surface area (Å²) in [6.07, 6.45) is 0. The van der Waals surface area contributed by atoms with Crippen molar-refractivity contribution in [3.63, 3.8) is 0 Å². The van der Waals surface area contributed by atoms with Crippen molar-refractivity contribution in [3.05, 3.63) is 21.3 Å². The summed E-state index contributed by atoms with van der Waals surface area (Å²) in [6.45, 7) is 6.06. The zero-order chi connectivity index (χ0) is 19.8. The molecule has 0 fully saturated rings. The monoisotopic (exact) mass is 528 g/mol. The fraction of sp³-hybridized carbons (Fsp3) is 1.00. The Morgan fingerprint density at radius 1 is 0.538 bits per heavy atom. The van der Waals surface area contributed by atoms with Gasteiger partial charge in [0.15, 0.2) is 0 Å². The Morgan fingerprint density at radius 3 is 0.808 bits per heavy atom. The molecule has 0 saturated carbocycles. The van der Waals surface area contributed by atoms with E-state index < -0.39 is 10.2 Å². The summed E-state index contributed by atoms with van der Waals surface area (Å²) in [6, 6.07) is 0. The van der Waals surface area contributed by atoms with Gasteiger partial charge in [-0.05, 0) is 0 Å². The van der Waals surface area contributed by atoms with E-state index in [2.05, 4.69) is 21.3 Å². The molecule has 0 rings (SSSR count). The molecule has 0 aromatic heterocycles. The van der Waals surface area contributed by atoms with Crippen molar-refractivity contribution in [1.29, 1.82) is 0 Å². The first-order valence-electron chi connectivity index (χ1n) is 7.23. The van der Waals surface area contributed by atoms with Crippen LogP contribution in [0.5, 0.6) is 0 Å². The molecule has 8 nitrogen and oxygen atoms in total. The van der Waals surface area contributed by atoms with Crippen LogP contribution in [-0.4, -0.2) is 80.5 Å². The van der Waals surface area contributed by atoms with E-state index in [-0.39, 0.29) is 19.5 Å².